The molecule has 0 unspecified atom stereocenters. The van der Waals surface area contributed by atoms with Crippen molar-refractivity contribution in [2.75, 3.05) is 14.2 Å². The van der Waals surface area contributed by atoms with Crippen LogP contribution in [0.25, 0.3) is 0 Å². The van der Waals surface area contributed by atoms with E-state index >= 15 is 0 Å². The van der Waals surface area contributed by atoms with Crippen molar-refractivity contribution < 1.29 is 19.1 Å². The lowest BCUT2D eigenvalue weighted by Crippen LogP contribution is -2.27. The van der Waals surface area contributed by atoms with Gasteiger partial charge in [-0.3, -0.25) is 0 Å². The molecule has 0 heterocycles. The second kappa shape index (κ2) is 36.9. The van der Waals surface area contributed by atoms with Crippen molar-refractivity contribution in [3.63, 3.8) is 0 Å². The molecule has 0 fully saturated rings. The Morgan fingerprint density at radius 2 is 0.423 bits per heavy atom. The van der Waals surface area contributed by atoms with Crippen molar-refractivity contribution in [1.82, 2.24) is 0 Å². The number of fused-ring (bicyclic) bond motifs is 4. The molecule has 0 aromatic heterocycles. The molecule has 0 saturated carbocycles. The fraction of sp³-hybridized carbons (Fsp3) is 0.730. The van der Waals surface area contributed by atoms with Gasteiger partial charge >= 0.3 is 11.9 Å². The van der Waals surface area contributed by atoms with Crippen LogP contribution in [0.15, 0.2) is 0 Å². The molecule has 0 radical (unpaired) electrons. The van der Waals surface area contributed by atoms with Crippen LogP contribution in [0.3, 0.4) is 0 Å². The summed E-state index contributed by atoms with van der Waals surface area (Å²) >= 11 is 0. The van der Waals surface area contributed by atoms with Crippen LogP contribution < -0.4 is 0 Å². The van der Waals surface area contributed by atoms with E-state index in [1.54, 1.807) is 66.8 Å². The van der Waals surface area contributed by atoms with Gasteiger partial charge < -0.3 is 9.47 Å². The van der Waals surface area contributed by atoms with Crippen molar-refractivity contribution in [2.24, 2.45) is 0 Å². The van der Waals surface area contributed by atoms with Gasteiger partial charge in [-0.25, -0.2) is 9.59 Å². The third-order valence-corrected chi connectivity index (χ3v) is 18.8. The first kappa shape index (κ1) is 65.4. The maximum Gasteiger partial charge on any atom is 0.339 e. The van der Waals surface area contributed by atoms with E-state index < -0.39 is 0 Å². The zero-order valence-electron chi connectivity index (χ0n) is 52.7. The molecule has 0 bridgehead atoms. The highest BCUT2D eigenvalue weighted by Crippen LogP contribution is 2.48. The van der Waals surface area contributed by atoms with Gasteiger partial charge in [0.05, 0.1) is 25.3 Å². The Labute approximate surface area is 481 Å². The summed E-state index contributed by atoms with van der Waals surface area (Å²) in [5, 5.41) is 0. The van der Waals surface area contributed by atoms with Crippen molar-refractivity contribution in [3.05, 3.63) is 100 Å². The van der Waals surface area contributed by atoms with Gasteiger partial charge in [0, 0.05) is 0 Å². The number of benzene rings is 3. The van der Waals surface area contributed by atoms with Crippen LogP contribution in [0.4, 0.5) is 0 Å². The SMILES string of the molecule is CCCCCCc1c(CCCCCC)c(CCCCCC)c2c(c1CCCCCC)Cc1c(CCCCCC)c3c(c(CCCCCC)c1C2)Cc1c(c(CCCCCC)c(C(=O)OC)c(C(=O)OC)c1CCCCCC)C3. The molecule has 2 aliphatic carbocycles. The van der Waals surface area contributed by atoms with E-state index in [4.69, 9.17) is 9.47 Å². The highest BCUT2D eigenvalue weighted by molar-refractivity contribution is 6.06. The molecular weight excluding hydrogens is 953 g/mol. The molecule has 0 aliphatic heterocycles. The molecule has 4 nitrogen and oxygen atoms in total. The lowest BCUT2D eigenvalue weighted by Gasteiger charge is -2.37. The average molecular weight is 1070 g/mol. The zero-order chi connectivity index (χ0) is 56.1. The normalized spacial score (nSPS) is 12.6. The first-order chi connectivity index (χ1) is 38.2. The molecule has 438 valence electrons. The van der Waals surface area contributed by atoms with E-state index in [9.17, 15) is 9.59 Å². The smallest absolute Gasteiger partial charge is 0.339 e. The van der Waals surface area contributed by atoms with Crippen LogP contribution in [-0.4, -0.2) is 26.2 Å². The Morgan fingerprint density at radius 1 is 0.244 bits per heavy atom. The third kappa shape index (κ3) is 17.8. The summed E-state index contributed by atoms with van der Waals surface area (Å²) in [4.78, 5) is 29.0. The number of carbonyl (C=O) groups excluding carboxylic acids is 2. The molecule has 2 aliphatic rings. The van der Waals surface area contributed by atoms with Crippen molar-refractivity contribution in [1.29, 1.82) is 0 Å². The van der Waals surface area contributed by atoms with Gasteiger partial charge in [0.1, 0.15) is 0 Å². The van der Waals surface area contributed by atoms with Crippen LogP contribution in [-0.2, 0) is 86.5 Å². The van der Waals surface area contributed by atoms with Crippen LogP contribution in [0.5, 0.6) is 0 Å². The van der Waals surface area contributed by atoms with Crippen LogP contribution >= 0.6 is 0 Å². The standard InChI is InChI=1S/C74H118O4/c1-11-19-27-35-43-55-56(44-36-28-20-12-2)58(46-38-30-22-14-4)64-52-66-60(48-40-32-24-16-6)68-54-70-62(50-42-34-26-18-8)72(74(76)78-10)71(73(75)77-9)61(49-41-33-25-17-7)69(70)53-67(68)59(47-39-31-23-15-5)65(66)51-63(64)57(55)45-37-29-21-13-3/h11-54H2,1-10H3. The first-order valence-electron chi connectivity index (χ1n) is 33.9. The maximum absolute atomic E-state index is 14.5. The molecule has 0 amide bonds. The number of hydrogen-bond acceptors (Lipinski definition) is 4. The molecule has 0 spiro atoms. The molecule has 0 saturated heterocycles. The number of ether oxygens (including phenoxy) is 2. The number of hydrogen-bond donors (Lipinski definition) is 0. The molecule has 3 aromatic rings. The average Bonchev–Trinajstić information content (AvgIpc) is 3.55. The van der Waals surface area contributed by atoms with Crippen LogP contribution in [0, 0.1) is 0 Å². The fourth-order valence-corrected chi connectivity index (χ4v) is 14.4. The van der Waals surface area contributed by atoms with E-state index in [2.05, 4.69) is 55.4 Å². The Hall–Kier alpha value is -3.40. The Balaban J connectivity index is 1.93. The van der Waals surface area contributed by atoms with Crippen molar-refractivity contribution in [2.45, 2.75) is 338 Å². The lowest BCUT2D eigenvalue weighted by atomic mass is 9.67. The Kier molecular flexibility index (Phi) is 30.9. The first-order valence-corrected chi connectivity index (χ1v) is 33.9. The summed E-state index contributed by atoms with van der Waals surface area (Å²) in [6, 6.07) is 0. The summed E-state index contributed by atoms with van der Waals surface area (Å²) in [5.74, 6) is -0.759. The summed E-state index contributed by atoms with van der Waals surface area (Å²) in [5.41, 5.74) is 26.5. The predicted molar refractivity (Wildman–Crippen MR) is 336 cm³/mol. The number of unbranched alkanes of at least 4 members (excludes halogenated alkanes) is 24. The molecule has 0 atom stereocenters. The molecule has 5 rings (SSSR count). The molecule has 0 N–H and O–H groups in total. The topological polar surface area (TPSA) is 52.6 Å². The second-order valence-electron chi connectivity index (χ2n) is 24.6. The van der Waals surface area contributed by atoms with E-state index in [-0.39, 0.29) is 11.9 Å². The quantitative estimate of drug-likeness (QED) is 0.0289. The fourth-order valence-electron chi connectivity index (χ4n) is 14.4. The number of rotatable bonds is 42. The maximum atomic E-state index is 14.5. The summed E-state index contributed by atoms with van der Waals surface area (Å²) in [6.45, 7) is 18.7. The molecule has 78 heavy (non-hydrogen) atoms. The van der Waals surface area contributed by atoms with Gasteiger partial charge in [0.25, 0.3) is 0 Å². The van der Waals surface area contributed by atoms with Gasteiger partial charge in [-0.05, 0) is 217 Å². The molecule has 3 aromatic carbocycles. The number of methoxy groups -OCH3 is 2. The minimum atomic E-state index is -0.380. The summed E-state index contributed by atoms with van der Waals surface area (Å²) in [6.07, 6.45) is 52.4. The zero-order valence-corrected chi connectivity index (χ0v) is 52.7. The number of carbonyl (C=O) groups is 2. The van der Waals surface area contributed by atoms with E-state index in [1.165, 1.54) is 205 Å². The van der Waals surface area contributed by atoms with Crippen LogP contribution in [0.2, 0.25) is 0 Å². The van der Waals surface area contributed by atoms with Crippen molar-refractivity contribution in [3.8, 4) is 0 Å². The minimum absolute atomic E-state index is 0.380. The largest absolute Gasteiger partial charge is 0.465 e. The molecular formula is C74H118O4. The Morgan fingerprint density at radius 3 is 0.641 bits per heavy atom. The van der Waals surface area contributed by atoms with E-state index in [0.29, 0.717) is 11.1 Å². The second-order valence-corrected chi connectivity index (χ2v) is 24.6. The highest BCUT2D eigenvalue weighted by atomic mass is 16.5. The van der Waals surface area contributed by atoms with Gasteiger partial charge in [-0.2, -0.15) is 0 Å². The Bertz CT molecular complexity index is 2120. The van der Waals surface area contributed by atoms with Gasteiger partial charge in [0.2, 0.25) is 0 Å². The van der Waals surface area contributed by atoms with E-state index in [1.807, 2.05) is 0 Å². The third-order valence-electron chi connectivity index (χ3n) is 18.8. The monoisotopic (exact) mass is 1070 g/mol. The van der Waals surface area contributed by atoms with Crippen LogP contribution in [0.1, 0.15) is 371 Å². The minimum Gasteiger partial charge on any atom is -0.465 e. The number of esters is 2. The van der Waals surface area contributed by atoms with Gasteiger partial charge in [-0.15, -0.1) is 0 Å². The summed E-state index contributed by atoms with van der Waals surface area (Å²) < 4.78 is 11.5. The van der Waals surface area contributed by atoms with E-state index in [0.717, 1.165) is 114 Å². The highest BCUT2D eigenvalue weighted by Gasteiger charge is 2.38. The van der Waals surface area contributed by atoms with Gasteiger partial charge in [-0.1, -0.05) is 209 Å². The predicted octanol–water partition coefficient (Wildman–Crippen LogP) is 21.2. The van der Waals surface area contributed by atoms with Crippen molar-refractivity contribution >= 4 is 11.9 Å². The lowest BCUT2D eigenvalue weighted by molar-refractivity contribution is 0.0552. The van der Waals surface area contributed by atoms with Gasteiger partial charge in [0.15, 0.2) is 0 Å². The molecule has 4 heteroatoms. The summed E-state index contributed by atoms with van der Waals surface area (Å²) in [7, 11) is 3.01.